The van der Waals surface area contributed by atoms with Gasteiger partial charge in [-0.05, 0) is 50.2 Å². The molecule has 0 saturated carbocycles. The maximum atomic E-state index is 12.9. The van der Waals surface area contributed by atoms with Gasteiger partial charge in [0.05, 0.1) is 21.7 Å². The number of rotatable bonds is 6. The second-order valence-electron chi connectivity index (χ2n) is 7.87. The van der Waals surface area contributed by atoms with Crippen molar-refractivity contribution in [3.8, 4) is 5.75 Å². The van der Waals surface area contributed by atoms with E-state index in [9.17, 15) is 18.0 Å². The van der Waals surface area contributed by atoms with E-state index in [2.05, 4.69) is 16.6 Å². The molecule has 3 rings (SSSR count). The molecule has 0 aliphatic carbocycles. The molecule has 2 aromatic carbocycles. The minimum Gasteiger partial charge on any atom is -0.490 e. The largest absolute Gasteiger partial charge is 0.490 e. The number of hydrogen-bond donors (Lipinski definition) is 2. The predicted octanol–water partition coefficient (Wildman–Crippen LogP) is 3.38. The Kier molecular flexibility index (Phi) is 6.08. The normalized spacial score (nSPS) is 15.3. The van der Waals surface area contributed by atoms with Gasteiger partial charge < -0.3 is 15.0 Å². The Morgan fingerprint density at radius 3 is 2.45 bits per heavy atom. The average Bonchev–Trinajstić information content (AvgIpc) is 2.78. The highest BCUT2D eigenvalue weighted by molar-refractivity contribution is 7.92. The molecule has 2 aromatic rings. The van der Waals surface area contributed by atoms with E-state index in [-0.39, 0.29) is 23.3 Å². The summed E-state index contributed by atoms with van der Waals surface area (Å²) in [5, 5.41) is 2.59. The van der Waals surface area contributed by atoms with Crippen LogP contribution in [0, 0.1) is 5.41 Å². The van der Waals surface area contributed by atoms with Crippen LogP contribution in [0.1, 0.15) is 20.8 Å². The molecular weight excluding hydrogens is 418 g/mol. The van der Waals surface area contributed by atoms with E-state index >= 15 is 0 Å². The molecule has 9 heteroatoms. The number of amides is 2. The summed E-state index contributed by atoms with van der Waals surface area (Å²) in [6, 6.07) is 10.6. The summed E-state index contributed by atoms with van der Waals surface area (Å²) in [4.78, 5) is 25.6. The third-order valence-corrected chi connectivity index (χ3v) is 6.11. The van der Waals surface area contributed by atoms with E-state index in [4.69, 9.17) is 4.74 Å². The molecule has 0 aromatic heterocycles. The molecule has 0 bridgehead atoms. The van der Waals surface area contributed by atoms with E-state index in [1.54, 1.807) is 43.0 Å². The lowest BCUT2D eigenvalue weighted by atomic mass is 9.93. The zero-order valence-electron chi connectivity index (χ0n) is 17.6. The zero-order chi connectivity index (χ0) is 22.8. The van der Waals surface area contributed by atoms with E-state index in [1.165, 1.54) is 31.2 Å². The van der Waals surface area contributed by atoms with Gasteiger partial charge in [0, 0.05) is 25.2 Å². The van der Waals surface area contributed by atoms with Gasteiger partial charge in [-0.2, -0.15) is 0 Å². The molecular formula is C22H25N3O5S. The summed E-state index contributed by atoms with van der Waals surface area (Å²) in [6.45, 7) is 9.15. The standard InChI is InChI=1S/C22H25N3O5S/c1-5-12-25-19-11-8-17(13-20(19)30-14-22(3,4)21(25)27)24-31(28,29)18-9-6-16(7-10-18)23-15(2)26/h5-11,13,24H,1,12,14H2,2-4H3,(H,23,26). The van der Waals surface area contributed by atoms with Gasteiger partial charge in [0.2, 0.25) is 11.8 Å². The number of carbonyl (C=O) groups excluding carboxylic acids is 2. The van der Waals surface area contributed by atoms with Crippen molar-refractivity contribution >= 4 is 38.9 Å². The number of benzene rings is 2. The summed E-state index contributed by atoms with van der Waals surface area (Å²) in [5.74, 6) is 0.0617. The second kappa shape index (κ2) is 8.43. The first-order valence-electron chi connectivity index (χ1n) is 9.64. The minimum atomic E-state index is -3.87. The first kappa shape index (κ1) is 22.4. The molecule has 0 radical (unpaired) electrons. The highest BCUT2D eigenvalue weighted by Crippen LogP contribution is 2.38. The van der Waals surface area contributed by atoms with E-state index in [1.807, 2.05) is 0 Å². The van der Waals surface area contributed by atoms with Crippen molar-refractivity contribution in [2.24, 2.45) is 5.41 Å². The number of sulfonamides is 1. The van der Waals surface area contributed by atoms with Gasteiger partial charge in [0.25, 0.3) is 10.0 Å². The molecule has 8 nitrogen and oxygen atoms in total. The van der Waals surface area contributed by atoms with Crippen LogP contribution in [0.5, 0.6) is 5.75 Å². The second-order valence-corrected chi connectivity index (χ2v) is 9.55. The van der Waals surface area contributed by atoms with Crippen molar-refractivity contribution in [1.29, 1.82) is 0 Å². The Bertz CT molecular complexity index is 1120. The van der Waals surface area contributed by atoms with Crippen LogP contribution in [-0.4, -0.2) is 33.4 Å². The lowest BCUT2D eigenvalue weighted by Crippen LogP contribution is -2.42. The van der Waals surface area contributed by atoms with Crippen LogP contribution >= 0.6 is 0 Å². The summed E-state index contributed by atoms with van der Waals surface area (Å²) in [6.07, 6.45) is 1.63. The molecule has 0 spiro atoms. The van der Waals surface area contributed by atoms with Crippen molar-refractivity contribution in [3.05, 3.63) is 55.1 Å². The number of anilines is 3. The number of ether oxygens (including phenoxy) is 1. The molecule has 2 amide bonds. The number of nitrogens with zero attached hydrogens (tertiary/aromatic N) is 1. The van der Waals surface area contributed by atoms with Crippen molar-refractivity contribution in [3.63, 3.8) is 0 Å². The molecule has 2 N–H and O–H groups in total. The zero-order valence-corrected chi connectivity index (χ0v) is 18.5. The molecule has 0 unspecified atom stereocenters. The number of hydrogen-bond acceptors (Lipinski definition) is 5. The Balaban J connectivity index is 1.88. The first-order chi connectivity index (χ1) is 14.5. The number of fused-ring (bicyclic) bond motifs is 1. The van der Waals surface area contributed by atoms with Crippen LogP contribution in [0.3, 0.4) is 0 Å². The molecule has 0 saturated heterocycles. The fourth-order valence-electron chi connectivity index (χ4n) is 3.16. The number of carbonyl (C=O) groups is 2. The fourth-order valence-corrected chi connectivity index (χ4v) is 4.21. The van der Waals surface area contributed by atoms with Crippen molar-refractivity contribution in [2.75, 3.05) is 28.1 Å². The van der Waals surface area contributed by atoms with Crippen LogP contribution in [0.25, 0.3) is 0 Å². The lowest BCUT2D eigenvalue weighted by Gasteiger charge is -2.27. The Hall–Kier alpha value is -3.33. The predicted molar refractivity (Wildman–Crippen MR) is 120 cm³/mol. The Labute approximate surface area is 181 Å². The van der Waals surface area contributed by atoms with Crippen LogP contribution < -0.4 is 19.7 Å². The maximum Gasteiger partial charge on any atom is 0.261 e. The SMILES string of the molecule is C=CCN1C(=O)C(C)(C)COc2cc(NS(=O)(=O)c3ccc(NC(C)=O)cc3)ccc21. The third kappa shape index (κ3) is 4.88. The van der Waals surface area contributed by atoms with Crippen LogP contribution in [-0.2, 0) is 19.6 Å². The van der Waals surface area contributed by atoms with Crippen LogP contribution in [0.2, 0.25) is 0 Å². The van der Waals surface area contributed by atoms with Crippen LogP contribution in [0.4, 0.5) is 17.1 Å². The Morgan fingerprint density at radius 1 is 1.19 bits per heavy atom. The van der Waals surface area contributed by atoms with Gasteiger partial charge in [0.1, 0.15) is 12.4 Å². The van der Waals surface area contributed by atoms with Gasteiger partial charge >= 0.3 is 0 Å². The molecule has 31 heavy (non-hydrogen) atoms. The smallest absolute Gasteiger partial charge is 0.261 e. The summed E-state index contributed by atoms with van der Waals surface area (Å²) in [7, 11) is -3.87. The fraction of sp³-hybridized carbons (Fsp3) is 0.273. The number of nitrogens with one attached hydrogen (secondary N) is 2. The average molecular weight is 444 g/mol. The summed E-state index contributed by atoms with van der Waals surface area (Å²) >= 11 is 0. The highest BCUT2D eigenvalue weighted by Gasteiger charge is 2.37. The summed E-state index contributed by atoms with van der Waals surface area (Å²) < 4.78 is 33.9. The van der Waals surface area contributed by atoms with E-state index < -0.39 is 15.4 Å². The van der Waals surface area contributed by atoms with Gasteiger partial charge in [-0.25, -0.2) is 8.42 Å². The summed E-state index contributed by atoms with van der Waals surface area (Å²) in [5.41, 5.74) is 0.616. The lowest BCUT2D eigenvalue weighted by molar-refractivity contribution is -0.127. The monoisotopic (exact) mass is 443 g/mol. The molecule has 0 atom stereocenters. The quantitative estimate of drug-likeness (QED) is 0.666. The van der Waals surface area contributed by atoms with Crippen molar-refractivity contribution in [2.45, 2.75) is 25.7 Å². The molecule has 1 aliphatic heterocycles. The Morgan fingerprint density at radius 2 is 1.84 bits per heavy atom. The first-order valence-corrected chi connectivity index (χ1v) is 11.1. The van der Waals surface area contributed by atoms with Crippen LogP contribution in [0.15, 0.2) is 60.0 Å². The highest BCUT2D eigenvalue weighted by atomic mass is 32.2. The molecule has 0 fully saturated rings. The third-order valence-electron chi connectivity index (χ3n) is 4.71. The molecule has 1 heterocycles. The minimum absolute atomic E-state index is 0.0436. The topological polar surface area (TPSA) is 105 Å². The van der Waals surface area contributed by atoms with Gasteiger partial charge in [0.15, 0.2) is 0 Å². The van der Waals surface area contributed by atoms with Gasteiger partial charge in [-0.15, -0.1) is 6.58 Å². The van der Waals surface area contributed by atoms with Gasteiger partial charge in [-0.3, -0.25) is 14.3 Å². The van der Waals surface area contributed by atoms with Crippen molar-refractivity contribution in [1.82, 2.24) is 0 Å². The molecule has 164 valence electrons. The van der Waals surface area contributed by atoms with E-state index in [0.717, 1.165) is 0 Å². The maximum absolute atomic E-state index is 12.9. The molecule has 1 aliphatic rings. The van der Waals surface area contributed by atoms with Crippen molar-refractivity contribution < 1.29 is 22.7 Å². The van der Waals surface area contributed by atoms with E-state index in [0.29, 0.717) is 29.4 Å². The van der Waals surface area contributed by atoms with Gasteiger partial charge in [-0.1, -0.05) is 6.08 Å².